The predicted molar refractivity (Wildman–Crippen MR) is 107 cm³/mol. The van der Waals surface area contributed by atoms with Gasteiger partial charge in [0.1, 0.15) is 17.7 Å². The molecule has 6 atom stereocenters. The van der Waals surface area contributed by atoms with Gasteiger partial charge in [0.15, 0.2) is 11.5 Å². The molecule has 154 valence electrons. The van der Waals surface area contributed by atoms with Crippen LogP contribution in [-0.2, 0) is 16.6 Å². The Morgan fingerprint density at radius 1 is 1.31 bits per heavy atom. The average Bonchev–Trinajstić information content (AvgIpc) is 3.12. The Morgan fingerprint density at radius 3 is 2.86 bits per heavy atom. The van der Waals surface area contributed by atoms with E-state index >= 15 is 0 Å². The van der Waals surface area contributed by atoms with E-state index in [1.54, 1.807) is 19.1 Å². The number of hydroxylamine groups is 1. The van der Waals surface area contributed by atoms with Crippen molar-refractivity contribution >= 4 is 0 Å². The average molecular weight is 397 g/mol. The van der Waals surface area contributed by atoms with Crippen LogP contribution in [-0.4, -0.2) is 50.8 Å². The zero-order chi connectivity index (χ0) is 20.2. The zero-order valence-electron chi connectivity index (χ0n) is 17.5. The number of allylic oxidation sites excluding steroid dienone is 1. The maximum absolute atomic E-state index is 9.79. The largest absolute Gasteiger partial charge is 0.493 e. The first-order valence-corrected chi connectivity index (χ1v) is 10.5. The van der Waals surface area contributed by atoms with Crippen molar-refractivity contribution in [1.29, 1.82) is 0 Å². The highest BCUT2D eigenvalue weighted by Gasteiger charge is 2.79. The van der Waals surface area contributed by atoms with Crippen molar-refractivity contribution in [2.45, 2.75) is 49.3 Å². The third kappa shape index (κ3) is 1.66. The van der Waals surface area contributed by atoms with Crippen molar-refractivity contribution in [1.82, 2.24) is 5.48 Å². The summed E-state index contributed by atoms with van der Waals surface area (Å²) in [5, 5.41) is 9.79. The molecule has 4 bridgehead atoms. The summed E-state index contributed by atoms with van der Waals surface area (Å²) in [7, 11) is 5.80. The lowest BCUT2D eigenvalue weighted by molar-refractivity contribution is -0.923. The molecule has 0 aromatic heterocycles. The minimum Gasteiger partial charge on any atom is -0.493 e. The van der Waals surface area contributed by atoms with Crippen molar-refractivity contribution in [2.24, 2.45) is 5.41 Å². The molecule has 3 N–H and O–H groups in total. The molecule has 1 unspecified atom stereocenters. The van der Waals surface area contributed by atoms with Gasteiger partial charge < -0.3 is 19.1 Å². The second kappa shape index (κ2) is 5.36. The van der Waals surface area contributed by atoms with E-state index in [1.165, 1.54) is 11.1 Å². The molecule has 2 fully saturated rings. The number of quaternary nitrogens is 1. The first-order valence-electron chi connectivity index (χ1n) is 10.5. The van der Waals surface area contributed by atoms with Crippen LogP contribution in [0.1, 0.15) is 30.9 Å². The number of hydrogen-bond acceptors (Lipinski definition) is 5. The Bertz CT molecular complexity index is 987. The number of methoxy groups -OCH3 is 2. The predicted octanol–water partition coefficient (Wildman–Crippen LogP) is 1.14. The molecule has 0 amide bonds. The van der Waals surface area contributed by atoms with Crippen LogP contribution in [0.25, 0.3) is 0 Å². The molecule has 2 spiro atoms. The Labute approximate surface area is 171 Å². The minimum atomic E-state index is -0.698. The third-order valence-electron chi connectivity index (χ3n) is 8.86. The SMILES string of the molecule is COc1ccc2c3c1O[C@@H]1[C@]34CC[NH+](C)[C@H](C2)[C@]42C=C[C@@]1(OC)/C(=C(\C)NO)C2. The number of fused-ring (bicyclic) bond motifs is 1. The van der Waals surface area contributed by atoms with Gasteiger partial charge in [0.25, 0.3) is 0 Å². The molecule has 6 heteroatoms. The van der Waals surface area contributed by atoms with Crippen LogP contribution in [0.3, 0.4) is 0 Å². The molecular weight excluding hydrogens is 368 g/mol. The molecule has 1 aromatic carbocycles. The number of ether oxygens (including phenoxy) is 3. The first kappa shape index (κ1) is 17.8. The fraction of sp³-hybridized carbons (Fsp3) is 0.565. The van der Waals surface area contributed by atoms with E-state index in [4.69, 9.17) is 14.2 Å². The topological polar surface area (TPSA) is 64.4 Å². The van der Waals surface area contributed by atoms with E-state index < -0.39 is 5.60 Å². The number of piperidine rings is 1. The summed E-state index contributed by atoms with van der Waals surface area (Å²) in [6.45, 7) is 3.05. The molecule has 1 aromatic rings. The first-order chi connectivity index (χ1) is 14.0. The molecule has 1 saturated heterocycles. The second-order valence-corrected chi connectivity index (χ2v) is 9.47. The van der Waals surface area contributed by atoms with Gasteiger partial charge in [-0.1, -0.05) is 12.1 Å². The third-order valence-corrected chi connectivity index (χ3v) is 8.86. The van der Waals surface area contributed by atoms with E-state index in [0.717, 1.165) is 48.6 Å². The van der Waals surface area contributed by atoms with Gasteiger partial charge >= 0.3 is 0 Å². The molecule has 2 aliphatic heterocycles. The van der Waals surface area contributed by atoms with Gasteiger partial charge in [-0.15, -0.1) is 0 Å². The smallest absolute Gasteiger partial charge is 0.166 e. The van der Waals surface area contributed by atoms with E-state index in [2.05, 4.69) is 36.8 Å². The number of hydrogen-bond donors (Lipinski definition) is 3. The maximum Gasteiger partial charge on any atom is 0.166 e. The van der Waals surface area contributed by atoms with E-state index in [9.17, 15) is 5.21 Å². The molecule has 1 saturated carbocycles. The Balaban J connectivity index is 1.73. The summed E-state index contributed by atoms with van der Waals surface area (Å²) in [4.78, 5) is 1.58. The van der Waals surface area contributed by atoms with Crippen molar-refractivity contribution in [2.75, 3.05) is 27.8 Å². The van der Waals surface area contributed by atoms with Gasteiger partial charge in [0.05, 0.1) is 31.5 Å². The van der Waals surface area contributed by atoms with E-state index in [1.807, 2.05) is 6.92 Å². The molecule has 6 nitrogen and oxygen atoms in total. The number of benzene rings is 1. The van der Waals surface area contributed by atoms with Crippen LogP contribution >= 0.6 is 0 Å². The summed E-state index contributed by atoms with van der Waals surface area (Å²) in [6, 6.07) is 4.76. The number of likely N-dealkylation sites (N-methyl/N-ethyl adjacent to an activating group) is 1. The van der Waals surface area contributed by atoms with E-state index in [-0.39, 0.29) is 16.9 Å². The van der Waals surface area contributed by atoms with Crippen molar-refractivity contribution in [3.63, 3.8) is 0 Å². The second-order valence-electron chi connectivity index (χ2n) is 9.47. The van der Waals surface area contributed by atoms with Crippen LogP contribution in [0.15, 0.2) is 35.6 Å². The fourth-order valence-electron chi connectivity index (χ4n) is 7.65. The summed E-state index contributed by atoms with van der Waals surface area (Å²) in [5.41, 5.74) is 6.14. The normalized spacial score (nSPS) is 44.2. The molecule has 29 heavy (non-hydrogen) atoms. The zero-order valence-corrected chi connectivity index (χ0v) is 17.5. The minimum absolute atomic E-state index is 0.0572. The monoisotopic (exact) mass is 397 g/mol. The lowest BCUT2D eigenvalue weighted by atomic mass is 9.38. The highest BCUT2D eigenvalue weighted by molar-refractivity contribution is 5.67. The van der Waals surface area contributed by atoms with Crippen molar-refractivity contribution in [3.05, 3.63) is 46.7 Å². The molecule has 0 radical (unpaired) electrons. The van der Waals surface area contributed by atoms with Crippen molar-refractivity contribution in [3.8, 4) is 11.5 Å². The van der Waals surface area contributed by atoms with Gasteiger partial charge in [0.2, 0.25) is 0 Å². The van der Waals surface area contributed by atoms with Crippen LogP contribution in [0.5, 0.6) is 11.5 Å². The van der Waals surface area contributed by atoms with Gasteiger partial charge in [-0.3, -0.25) is 10.7 Å². The lowest BCUT2D eigenvalue weighted by Gasteiger charge is -2.68. The number of rotatable bonds is 3. The van der Waals surface area contributed by atoms with Crippen molar-refractivity contribution < 1.29 is 24.3 Å². The number of nitrogens with one attached hydrogen (secondary N) is 2. The van der Waals surface area contributed by atoms with Gasteiger partial charge in [-0.05, 0) is 36.6 Å². The Morgan fingerprint density at radius 2 is 2.14 bits per heavy atom. The molecule has 6 aliphatic rings. The maximum atomic E-state index is 9.79. The van der Waals surface area contributed by atoms with Gasteiger partial charge in [-0.2, -0.15) is 0 Å². The summed E-state index contributed by atoms with van der Waals surface area (Å²) >= 11 is 0. The lowest BCUT2D eigenvalue weighted by Crippen LogP contribution is -3.18. The van der Waals surface area contributed by atoms with Crippen LogP contribution in [0.4, 0.5) is 0 Å². The summed E-state index contributed by atoms with van der Waals surface area (Å²) in [6.07, 6.45) is 7.44. The van der Waals surface area contributed by atoms with Gasteiger partial charge in [0, 0.05) is 31.2 Å². The van der Waals surface area contributed by atoms with Crippen LogP contribution in [0.2, 0.25) is 0 Å². The molecular formula is C23H29N2O4+. The van der Waals surface area contributed by atoms with Crippen LogP contribution in [0, 0.1) is 5.41 Å². The quantitative estimate of drug-likeness (QED) is 0.527. The standard InChI is InChI=1S/C23H28N2O4/c1-13(24-26)15-12-21-7-8-23(15,28-4)20-22(21)9-10-25(2)17(21)11-14-5-6-16(27-3)19(29-20)18(14)22/h5-8,17,20,24,26H,9-12H2,1-4H3/p+1/b15-13+/t17-,20-,21-,22+,23-/m1/s1. The highest BCUT2D eigenvalue weighted by Crippen LogP contribution is 2.73. The molecule has 4 aliphatic carbocycles. The number of likely N-dealkylation sites (tertiary alicyclic amines) is 1. The van der Waals surface area contributed by atoms with Gasteiger partial charge in [-0.25, -0.2) is 0 Å². The highest BCUT2D eigenvalue weighted by atomic mass is 16.6. The molecule has 2 heterocycles. The van der Waals surface area contributed by atoms with Crippen LogP contribution < -0.4 is 19.9 Å². The summed E-state index contributed by atoms with van der Waals surface area (Å²) in [5.74, 6) is 1.71. The summed E-state index contributed by atoms with van der Waals surface area (Å²) < 4.78 is 18.8. The Kier molecular flexibility index (Phi) is 3.29. The molecule has 7 rings (SSSR count). The fourth-order valence-corrected chi connectivity index (χ4v) is 7.65. The Hall–Kier alpha value is -2.02. The van der Waals surface area contributed by atoms with E-state index in [0.29, 0.717) is 6.04 Å².